The maximum absolute atomic E-state index is 6.06. The highest BCUT2D eigenvalue weighted by molar-refractivity contribution is 9.10. The van der Waals surface area contributed by atoms with Gasteiger partial charge in [0.1, 0.15) is 6.61 Å². The second-order valence-electron chi connectivity index (χ2n) is 5.14. The highest BCUT2D eigenvalue weighted by Gasteiger charge is 2.12. The zero-order valence-electron chi connectivity index (χ0n) is 13.7. The molecule has 0 aliphatic heterocycles. The van der Waals surface area contributed by atoms with Crippen LogP contribution in [0.2, 0.25) is 5.02 Å². The van der Waals surface area contributed by atoms with Gasteiger partial charge < -0.3 is 14.8 Å². The van der Waals surface area contributed by atoms with Gasteiger partial charge in [0.25, 0.3) is 0 Å². The van der Waals surface area contributed by atoms with Crippen molar-refractivity contribution >= 4 is 33.2 Å². The number of rotatable bonds is 7. The minimum Gasteiger partial charge on any atom is -0.490 e. The summed E-state index contributed by atoms with van der Waals surface area (Å²) in [5.74, 6) is 3.75. The molecule has 0 fully saturated rings. The van der Waals surface area contributed by atoms with Gasteiger partial charge in [0.15, 0.2) is 11.5 Å². The zero-order chi connectivity index (χ0) is 17.5. The molecule has 1 N–H and O–H groups in total. The SMILES string of the molecule is C#CCOc1c(Br)cc(CNc2cc(Cl)ccc2C)cc1OCC. The predicted octanol–water partition coefficient (Wildman–Crippen LogP) is 5.43. The van der Waals surface area contributed by atoms with Gasteiger partial charge in [0, 0.05) is 17.3 Å². The van der Waals surface area contributed by atoms with E-state index < -0.39 is 0 Å². The molecule has 0 bridgehead atoms. The second-order valence-corrected chi connectivity index (χ2v) is 6.43. The third kappa shape index (κ3) is 4.83. The van der Waals surface area contributed by atoms with Crippen LogP contribution in [0, 0.1) is 19.3 Å². The molecule has 0 radical (unpaired) electrons. The average molecular weight is 409 g/mol. The Kier molecular flexibility index (Phi) is 6.84. The number of halogens is 2. The Bertz CT molecular complexity index is 756. The number of nitrogens with one attached hydrogen (secondary N) is 1. The van der Waals surface area contributed by atoms with Gasteiger partial charge in [-0.1, -0.05) is 23.6 Å². The third-order valence-electron chi connectivity index (χ3n) is 3.35. The molecule has 0 aliphatic rings. The summed E-state index contributed by atoms with van der Waals surface area (Å²) in [4.78, 5) is 0. The Hall–Kier alpha value is -1.83. The first-order chi connectivity index (χ1) is 11.5. The van der Waals surface area contributed by atoms with Crippen LogP contribution in [0.1, 0.15) is 18.1 Å². The van der Waals surface area contributed by atoms with Gasteiger partial charge in [-0.05, 0) is 65.2 Å². The summed E-state index contributed by atoms with van der Waals surface area (Å²) in [7, 11) is 0. The molecule has 0 amide bonds. The zero-order valence-corrected chi connectivity index (χ0v) is 16.0. The van der Waals surface area contributed by atoms with Crippen molar-refractivity contribution in [2.45, 2.75) is 20.4 Å². The highest BCUT2D eigenvalue weighted by Crippen LogP contribution is 2.37. The maximum Gasteiger partial charge on any atom is 0.176 e. The summed E-state index contributed by atoms with van der Waals surface area (Å²) in [5, 5.41) is 4.10. The Labute approximate surface area is 156 Å². The van der Waals surface area contributed by atoms with Gasteiger partial charge in [0.2, 0.25) is 0 Å². The van der Waals surface area contributed by atoms with E-state index in [0.29, 0.717) is 29.7 Å². The molecule has 0 saturated carbocycles. The lowest BCUT2D eigenvalue weighted by Gasteiger charge is -2.15. The lowest BCUT2D eigenvalue weighted by Crippen LogP contribution is -2.04. The number of terminal acetylenes is 1. The fraction of sp³-hybridized carbons (Fsp3) is 0.263. The lowest BCUT2D eigenvalue weighted by atomic mass is 10.1. The highest BCUT2D eigenvalue weighted by atomic mass is 79.9. The van der Waals surface area contributed by atoms with Gasteiger partial charge in [-0.3, -0.25) is 0 Å². The number of benzene rings is 2. The first-order valence-electron chi connectivity index (χ1n) is 7.56. The van der Waals surface area contributed by atoms with Gasteiger partial charge in [-0.25, -0.2) is 0 Å². The molecule has 2 rings (SSSR count). The van der Waals surface area contributed by atoms with Crippen molar-refractivity contribution in [3.05, 3.63) is 51.0 Å². The standard InChI is InChI=1S/C19H19BrClNO2/c1-4-8-24-19-16(20)9-14(10-18(19)23-5-2)12-22-17-11-15(21)7-6-13(17)3/h1,6-7,9-11,22H,5,8,12H2,2-3H3. The molecular formula is C19H19BrClNO2. The average Bonchev–Trinajstić information content (AvgIpc) is 2.55. The molecule has 0 heterocycles. The molecule has 2 aromatic carbocycles. The number of hydrogen-bond acceptors (Lipinski definition) is 3. The molecule has 0 aromatic heterocycles. The smallest absolute Gasteiger partial charge is 0.176 e. The monoisotopic (exact) mass is 407 g/mol. The normalized spacial score (nSPS) is 10.1. The first-order valence-corrected chi connectivity index (χ1v) is 8.73. The van der Waals surface area contributed by atoms with Crippen LogP contribution < -0.4 is 14.8 Å². The molecule has 0 atom stereocenters. The van der Waals surface area contributed by atoms with Crippen LogP contribution in [0.25, 0.3) is 0 Å². The summed E-state index contributed by atoms with van der Waals surface area (Å²) in [6.07, 6.45) is 5.27. The minimum absolute atomic E-state index is 0.192. The Morgan fingerprint density at radius 3 is 2.75 bits per heavy atom. The molecule has 0 spiro atoms. The molecule has 0 saturated heterocycles. The molecule has 3 nitrogen and oxygen atoms in total. The van der Waals surface area contributed by atoms with Crippen LogP contribution in [0.15, 0.2) is 34.8 Å². The number of aryl methyl sites for hydroxylation is 1. The van der Waals surface area contributed by atoms with Crippen molar-refractivity contribution in [1.29, 1.82) is 0 Å². The summed E-state index contributed by atoms with van der Waals surface area (Å²) >= 11 is 9.59. The van der Waals surface area contributed by atoms with E-state index in [1.165, 1.54) is 0 Å². The van der Waals surface area contributed by atoms with Crippen molar-refractivity contribution in [2.75, 3.05) is 18.5 Å². The van der Waals surface area contributed by atoms with E-state index in [0.717, 1.165) is 21.3 Å². The van der Waals surface area contributed by atoms with Crippen LogP contribution in [0.4, 0.5) is 5.69 Å². The largest absolute Gasteiger partial charge is 0.490 e. The van der Waals surface area contributed by atoms with Crippen molar-refractivity contribution in [2.24, 2.45) is 0 Å². The number of hydrogen-bond donors (Lipinski definition) is 1. The molecule has 126 valence electrons. The van der Waals surface area contributed by atoms with E-state index in [4.69, 9.17) is 27.5 Å². The number of anilines is 1. The predicted molar refractivity (Wildman–Crippen MR) is 103 cm³/mol. The van der Waals surface area contributed by atoms with Crippen molar-refractivity contribution in [3.63, 3.8) is 0 Å². The van der Waals surface area contributed by atoms with Crippen LogP contribution in [-0.2, 0) is 6.54 Å². The van der Waals surface area contributed by atoms with Crippen LogP contribution >= 0.6 is 27.5 Å². The van der Waals surface area contributed by atoms with Crippen molar-refractivity contribution in [3.8, 4) is 23.8 Å². The van der Waals surface area contributed by atoms with Crippen LogP contribution in [0.3, 0.4) is 0 Å². The Morgan fingerprint density at radius 1 is 1.25 bits per heavy atom. The summed E-state index contributed by atoms with van der Waals surface area (Å²) in [5.41, 5.74) is 3.19. The van der Waals surface area contributed by atoms with E-state index in [9.17, 15) is 0 Å². The van der Waals surface area contributed by atoms with E-state index in [1.54, 1.807) is 0 Å². The summed E-state index contributed by atoms with van der Waals surface area (Å²) in [6, 6.07) is 9.72. The van der Waals surface area contributed by atoms with E-state index in [2.05, 4.69) is 27.2 Å². The van der Waals surface area contributed by atoms with Crippen LogP contribution in [0.5, 0.6) is 11.5 Å². The summed E-state index contributed by atoms with van der Waals surface area (Å²) in [6.45, 7) is 5.34. The van der Waals surface area contributed by atoms with Gasteiger partial charge in [-0.2, -0.15) is 0 Å². The molecule has 0 aliphatic carbocycles. The van der Waals surface area contributed by atoms with E-state index in [1.807, 2.05) is 44.2 Å². The van der Waals surface area contributed by atoms with Gasteiger partial charge >= 0.3 is 0 Å². The van der Waals surface area contributed by atoms with Crippen molar-refractivity contribution < 1.29 is 9.47 Å². The molecule has 24 heavy (non-hydrogen) atoms. The van der Waals surface area contributed by atoms with Crippen LogP contribution in [-0.4, -0.2) is 13.2 Å². The first kappa shape index (κ1) is 18.5. The van der Waals surface area contributed by atoms with E-state index in [-0.39, 0.29) is 6.61 Å². The fourth-order valence-corrected chi connectivity index (χ4v) is 3.00. The summed E-state index contributed by atoms with van der Waals surface area (Å²) < 4.78 is 12.1. The lowest BCUT2D eigenvalue weighted by molar-refractivity contribution is 0.297. The quantitative estimate of drug-likeness (QED) is 0.619. The molecular weight excluding hydrogens is 390 g/mol. The maximum atomic E-state index is 6.06. The van der Waals surface area contributed by atoms with Gasteiger partial charge in [-0.15, -0.1) is 6.42 Å². The van der Waals surface area contributed by atoms with Crippen molar-refractivity contribution in [1.82, 2.24) is 0 Å². The fourth-order valence-electron chi connectivity index (χ4n) is 2.22. The molecule has 5 heteroatoms. The Morgan fingerprint density at radius 2 is 2.04 bits per heavy atom. The topological polar surface area (TPSA) is 30.5 Å². The molecule has 0 unspecified atom stereocenters. The van der Waals surface area contributed by atoms with E-state index >= 15 is 0 Å². The minimum atomic E-state index is 0.192. The Balaban J connectivity index is 2.21. The second kappa shape index (κ2) is 8.86. The molecule has 2 aromatic rings. The van der Waals surface area contributed by atoms with Gasteiger partial charge in [0.05, 0.1) is 11.1 Å². The third-order valence-corrected chi connectivity index (χ3v) is 4.18. The number of ether oxygens (including phenoxy) is 2.